The van der Waals surface area contributed by atoms with Crippen LogP contribution in [-0.2, 0) is 17.9 Å². The first kappa shape index (κ1) is 17.7. The van der Waals surface area contributed by atoms with Gasteiger partial charge < -0.3 is 5.32 Å². The van der Waals surface area contributed by atoms with Crippen molar-refractivity contribution < 1.29 is 4.79 Å². The monoisotopic (exact) mass is 374 g/mol. The molecule has 2 aromatic heterocycles. The van der Waals surface area contributed by atoms with Crippen LogP contribution in [-0.4, -0.2) is 20.0 Å². The Bertz CT molecular complexity index is 1320. The second kappa shape index (κ2) is 7.11. The zero-order valence-corrected chi connectivity index (χ0v) is 15.3. The first-order chi connectivity index (χ1) is 13.6. The summed E-state index contributed by atoms with van der Waals surface area (Å²) in [6.45, 7) is 1.75. The number of nitrogens with one attached hydrogen (secondary N) is 1. The number of nitrogens with zero attached hydrogens (tertiary/aromatic N) is 3. The molecular weight excluding hydrogens is 356 g/mol. The van der Waals surface area contributed by atoms with Gasteiger partial charge in [-0.25, -0.2) is 4.79 Å². The highest BCUT2D eigenvalue weighted by atomic mass is 16.2. The maximum Gasteiger partial charge on any atom is 0.331 e. The number of pyridine rings is 1. The lowest BCUT2D eigenvalue weighted by molar-refractivity contribution is -0.116. The van der Waals surface area contributed by atoms with E-state index in [9.17, 15) is 14.4 Å². The number of hydrogen-bond acceptors (Lipinski definition) is 4. The fourth-order valence-corrected chi connectivity index (χ4v) is 3.34. The lowest BCUT2D eigenvalue weighted by atomic mass is 10.2. The molecule has 0 spiro atoms. The van der Waals surface area contributed by atoms with Gasteiger partial charge in [-0.05, 0) is 31.2 Å². The van der Waals surface area contributed by atoms with E-state index < -0.39 is 5.69 Å². The summed E-state index contributed by atoms with van der Waals surface area (Å²) in [5.41, 5.74) is 0.835. The Hall–Kier alpha value is -3.74. The van der Waals surface area contributed by atoms with Crippen LogP contribution in [0.5, 0.6) is 0 Å². The minimum Gasteiger partial charge on any atom is -0.323 e. The molecule has 0 aliphatic rings. The molecule has 28 heavy (non-hydrogen) atoms. The Kier molecular flexibility index (Phi) is 4.49. The molecule has 2 aromatic carbocycles. The van der Waals surface area contributed by atoms with E-state index in [1.165, 1.54) is 4.57 Å². The Morgan fingerprint density at radius 2 is 1.79 bits per heavy atom. The highest BCUT2D eigenvalue weighted by molar-refractivity contribution is 6.00. The van der Waals surface area contributed by atoms with Gasteiger partial charge in [0.15, 0.2) is 0 Å². The molecular formula is C21H18N4O3. The smallest absolute Gasteiger partial charge is 0.323 e. The van der Waals surface area contributed by atoms with E-state index in [0.29, 0.717) is 22.1 Å². The Balaban J connectivity index is 1.75. The van der Waals surface area contributed by atoms with Crippen LogP contribution >= 0.6 is 0 Å². The molecule has 0 saturated carbocycles. The summed E-state index contributed by atoms with van der Waals surface area (Å²) in [4.78, 5) is 42.3. The van der Waals surface area contributed by atoms with E-state index in [1.54, 1.807) is 43.5 Å². The average Bonchev–Trinajstić information content (AvgIpc) is 2.72. The Labute approximate surface area is 159 Å². The van der Waals surface area contributed by atoms with Crippen LogP contribution in [0.2, 0.25) is 0 Å². The Morgan fingerprint density at radius 1 is 1.00 bits per heavy atom. The third-order valence-corrected chi connectivity index (χ3v) is 4.66. The van der Waals surface area contributed by atoms with Crippen LogP contribution < -0.4 is 16.6 Å². The van der Waals surface area contributed by atoms with Crippen molar-refractivity contribution in [2.45, 2.75) is 20.0 Å². The number of para-hydroxylation sites is 2. The summed E-state index contributed by atoms with van der Waals surface area (Å²) in [6.07, 6.45) is 1.66. The molecule has 0 unspecified atom stereocenters. The van der Waals surface area contributed by atoms with E-state index >= 15 is 0 Å². The van der Waals surface area contributed by atoms with Crippen molar-refractivity contribution in [1.82, 2.24) is 14.1 Å². The molecule has 7 nitrogen and oxygen atoms in total. The van der Waals surface area contributed by atoms with Gasteiger partial charge in [0.1, 0.15) is 6.54 Å². The van der Waals surface area contributed by atoms with Crippen molar-refractivity contribution in [3.8, 4) is 0 Å². The van der Waals surface area contributed by atoms with Crippen LogP contribution in [0.25, 0.3) is 21.8 Å². The number of anilines is 1. The van der Waals surface area contributed by atoms with Gasteiger partial charge in [0, 0.05) is 18.1 Å². The van der Waals surface area contributed by atoms with Gasteiger partial charge in [0.05, 0.1) is 22.1 Å². The third-order valence-electron chi connectivity index (χ3n) is 4.66. The summed E-state index contributed by atoms with van der Waals surface area (Å²) in [5.74, 6) is -0.369. The largest absolute Gasteiger partial charge is 0.331 e. The molecule has 0 fully saturated rings. The van der Waals surface area contributed by atoms with E-state index in [1.807, 2.05) is 24.3 Å². The van der Waals surface area contributed by atoms with Crippen molar-refractivity contribution in [3.63, 3.8) is 0 Å². The standard InChI is InChI=1S/C21H18N4O3/c1-2-24-20(27)15-9-3-4-11-17(15)25(21(24)28)13-18(26)23-16-10-5-7-14-8-6-12-22-19(14)16/h3-12H,2,13H2,1H3,(H,23,26). The van der Waals surface area contributed by atoms with E-state index in [0.717, 1.165) is 9.95 Å². The van der Waals surface area contributed by atoms with Crippen molar-refractivity contribution >= 4 is 33.4 Å². The van der Waals surface area contributed by atoms with E-state index in [-0.39, 0.29) is 24.6 Å². The number of amides is 1. The zero-order valence-electron chi connectivity index (χ0n) is 15.3. The molecule has 0 aliphatic heterocycles. The van der Waals surface area contributed by atoms with Crippen LogP contribution in [0.1, 0.15) is 6.92 Å². The predicted molar refractivity (Wildman–Crippen MR) is 109 cm³/mol. The van der Waals surface area contributed by atoms with Gasteiger partial charge in [0.25, 0.3) is 5.56 Å². The SMILES string of the molecule is CCn1c(=O)c2ccccc2n(CC(=O)Nc2cccc3cccnc23)c1=O. The molecule has 7 heteroatoms. The fraction of sp³-hybridized carbons (Fsp3) is 0.143. The summed E-state index contributed by atoms with van der Waals surface area (Å²) >= 11 is 0. The van der Waals surface area contributed by atoms with Gasteiger partial charge in [-0.15, -0.1) is 0 Å². The van der Waals surface area contributed by atoms with Gasteiger partial charge in [-0.2, -0.15) is 0 Å². The molecule has 0 radical (unpaired) electrons. The normalized spacial score (nSPS) is 11.0. The number of carbonyl (C=O) groups is 1. The lowest BCUT2D eigenvalue weighted by Gasteiger charge is -2.13. The molecule has 0 aliphatic carbocycles. The topological polar surface area (TPSA) is 86.0 Å². The summed E-state index contributed by atoms with van der Waals surface area (Å²) < 4.78 is 2.46. The first-order valence-electron chi connectivity index (χ1n) is 8.96. The van der Waals surface area contributed by atoms with Crippen molar-refractivity contribution in [2.75, 3.05) is 5.32 Å². The summed E-state index contributed by atoms with van der Waals surface area (Å²) in [5, 5.41) is 4.14. The summed E-state index contributed by atoms with van der Waals surface area (Å²) in [6, 6.07) is 16.0. The third kappa shape index (κ3) is 2.96. The lowest BCUT2D eigenvalue weighted by Crippen LogP contribution is -2.41. The molecule has 140 valence electrons. The number of fused-ring (bicyclic) bond motifs is 2. The molecule has 0 bridgehead atoms. The number of benzene rings is 2. The molecule has 2 heterocycles. The minimum absolute atomic E-state index is 0.206. The van der Waals surface area contributed by atoms with Crippen molar-refractivity contribution in [1.29, 1.82) is 0 Å². The van der Waals surface area contributed by atoms with Crippen molar-refractivity contribution in [3.05, 3.63) is 81.6 Å². The van der Waals surface area contributed by atoms with Crippen LogP contribution in [0.3, 0.4) is 0 Å². The fourth-order valence-electron chi connectivity index (χ4n) is 3.34. The van der Waals surface area contributed by atoms with Crippen LogP contribution in [0, 0.1) is 0 Å². The molecule has 4 aromatic rings. The second-order valence-corrected chi connectivity index (χ2v) is 6.36. The zero-order chi connectivity index (χ0) is 19.7. The molecule has 1 amide bonds. The van der Waals surface area contributed by atoms with Crippen molar-refractivity contribution in [2.24, 2.45) is 0 Å². The quantitative estimate of drug-likeness (QED) is 0.594. The average molecular weight is 374 g/mol. The maximum atomic E-state index is 12.8. The second-order valence-electron chi connectivity index (χ2n) is 6.36. The van der Waals surface area contributed by atoms with Gasteiger partial charge in [-0.1, -0.05) is 30.3 Å². The van der Waals surface area contributed by atoms with E-state index in [2.05, 4.69) is 10.3 Å². The molecule has 4 rings (SSSR count). The summed E-state index contributed by atoms with van der Waals surface area (Å²) in [7, 11) is 0. The first-order valence-corrected chi connectivity index (χ1v) is 8.96. The highest BCUT2D eigenvalue weighted by Crippen LogP contribution is 2.20. The Morgan fingerprint density at radius 3 is 2.61 bits per heavy atom. The highest BCUT2D eigenvalue weighted by Gasteiger charge is 2.15. The van der Waals surface area contributed by atoms with Gasteiger partial charge in [-0.3, -0.25) is 23.7 Å². The van der Waals surface area contributed by atoms with Gasteiger partial charge >= 0.3 is 5.69 Å². The molecule has 0 saturated heterocycles. The predicted octanol–water partition coefficient (Wildman–Crippen LogP) is 2.37. The number of hydrogen-bond donors (Lipinski definition) is 1. The van der Waals surface area contributed by atoms with Gasteiger partial charge in [0.2, 0.25) is 5.91 Å². The van der Waals surface area contributed by atoms with Crippen LogP contribution in [0.15, 0.2) is 70.4 Å². The maximum absolute atomic E-state index is 12.8. The molecule has 0 atom stereocenters. The number of rotatable bonds is 4. The molecule has 1 N–H and O–H groups in total. The van der Waals surface area contributed by atoms with E-state index in [4.69, 9.17) is 0 Å². The number of aromatic nitrogens is 3. The van der Waals surface area contributed by atoms with Crippen LogP contribution in [0.4, 0.5) is 5.69 Å². The number of carbonyl (C=O) groups excluding carboxylic acids is 1. The minimum atomic E-state index is -0.502.